The zero-order valence-corrected chi connectivity index (χ0v) is 24.3. The van der Waals surface area contributed by atoms with Crippen molar-refractivity contribution in [2.45, 2.75) is 64.3 Å². The van der Waals surface area contributed by atoms with Crippen LogP contribution in [0.4, 0.5) is 11.6 Å². The number of nitrogens with zero attached hydrogens (tertiary/aromatic N) is 9. The third kappa shape index (κ3) is 6.34. The van der Waals surface area contributed by atoms with Gasteiger partial charge in [0.2, 0.25) is 5.95 Å². The van der Waals surface area contributed by atoms with Crippen LogP contribution in [0.1, 0.15) is 51.3 Å². The number of ether oxygens (including phenoxy) is 2. The van der Waals surface area contributed by atoms with E-state index < -0.39 is 0 Å². The second-order valence-electron chi connectivity index (χ2n) is 11.0. The summed E-state index contributed by atoms with van der Waals surface area (Å²) in [7, 11) is 0. The summed E-state index contributed by atoms with van der Waals surface area (Å²) in [6.45, 7) is 10.7. The zero-order valence-electron chi connectivity index (χ0n) is 23.5. The second kappa shape index (κ2) is 12.1. The van der Waals surface area contributed by atoms with Crippen LogP contribution in [0.15, 0.2) is 43.1 Å². The Labute approximate surface area is 244 Å². The van der Waals surface area contributed by atoms with Gasteiger partial charge in [-0.15, -0.1) is 5.10 Å². The highest BCUT2D eigenvalue weighted by molar-refractivity contribution is 6.32. The normalized spacial score (nSPS) is 17.5. The molecule has 0 radical (unpaired) electrons. The Morgan fingerprint density at radius 3 is 2.51 bits per heavy atom. The second-order valence-corrected chi connectivity index (χ2v) is 11.5. The van der Waals surface area contributed by atoms with E-state index in [2.05, 4.69) is 60.4 Å². The molecule has 216 valence electrons. The fourth-order valence-corrected chi connectivity index (χ4v) is 5.44. The number of tetrazole rings is 1. The number of anilines is 2. The summed E-state index contributed by atoms with van der Waals surface area (Å²) in [6.07, 6.45) is 9.25. The Kier molecular flexibility index (Phi) is 8.13. The van der Waals surface area contributed by atoms with E-state index in [0.717, 1.165) is 61.7 Å². The van der Waals surface area contributed by atoms with Crippen molar-refractivity contribution in [2.75, 3.05) is 31.6 Å². The molecule has 5 heterocycles. The molecule has 41 heavy (non-hydrogen) atoms. The summed E-state index contributed by atoms with van der Waals surface area (Å²) in [6, 6.07) is 6.62. The van der Waals surface area contributed by atoms with E-state index in [1.165, 1.54) is 0 Å². The molecule has 12 nitrogen and oxygen atoms in total. The van der Waals surface area contributed by atoms with Gasteiger partial charge >= 0.3 is 0 Å². The van der Waals surface area contributed by atoms with Gasteiger partial charge in [0.25, 0.3) is 0 Å². The van der Waals surface area contributed by atoms with Crippen LogP contribution in [0.2, 0.25) is 5.02 Å². The van der Waals surface area contributed by atoms with Crippen LogP contribution in [0.3, 0.4) is 0 Å². The van der Waals surface area contributed by atoms with Crippen molar-refractivity contribution in [2.24, 2.45) is 0 Å². The van der Waals surface area contributed by atoms with Crippen molar-refractivity contribution in [3.63, 3.8) is 0 Å². The van der Waals surface area contributed by atoms with Crippen LogP contribution in [0.5, 0.6) is 5.75 Å². The lowest BCUT2D eigenvalue weighted by atomic mass is 10.0. The molecule has 6 rings (SSSR count). The monoisotopic (exact) mass is 578 g/mol. The van der Waals surface area contributed by atoms with E-state index >= 15 is 0 Å². The standard InChI is InChI=1S/C28H35ClN10O2/c1-18(2)27-25(14-39(34-27)22-6-8-37(9-7-22)23-15-40-16-23)33-28-30-11-21(12-31-28)20-4-5-24(29)26(10-20)41-19(3)13-38-17-32-35-36-38/h4-5,10-12,14,17-19,22-23H,6-9,13,15-16H2,1-3H3,(H,30,31,33)/t19-/m0/s1. The first-order chi connectivity index (χ1) is 19.9. The number of nitrogens with one attached hydrogen (secondary N) is 1. The van der Waals surface area contributed by atoms with E-state index in [-0.39, 0.29) is 12.0 Å². The first-order valence-electron chi connectivity index (χ1n) is 14.1. The molecule has 13 heteroatoms. The smallest absolute Gasteiger partial charge is 0.227 e. The highest BCUT2D eigenvalue weighted by Crippen LogP contribution is 2.33. The molecule has 0 bridgehead atoms. The van der Waals surface area contributed by atoms with Gasteiger partial charge in [0.15, 0.2) is 0 Å². The van der Waals surface area contributed by atoms with Gasteiger partial charge in [-0.2, -0.15) is 5.10 Å². The summed E-state index contributed by atoms with van der Waals surface area (Å²) in [5.41, 5.74) is 3.72. The molecule has 0 aliphatic carbocycles. The molecule has 3 aromatic heterocycles. The quantitative estimate of drug-likeness (QED) is 0.291. The minimum Gasteiger partial charge on any atom is -0.487 e. The van der Waals surface area contributed by atoms with E-state index in [1.54, 1.807) is 23.4 Å². The molecule has 0 unspecified atom stereocenters. The number of rotatable bonds is 10. The third-order valence-corrected chi connectivity index (χ3v) is 7.96. The van der Waals surface area contributed by atoms with Gasteiger partial charge < -0.3 is 14.8 Å². The van der Waals surface area contributed by atoms with Crippen LogP contribution >= 0.6 is 11.6 Å². The van der Waals surface area contributed by atoms with Gasteiger partial charge in [-0.05, 0) is 53.8 Å². The number of benzene rings is 1. The summed E-state index contributed by atoms with van der Waals surface area (Å²) >= 11 is 6.43. The summed E-state index contributed by atoms with van der Waals surface area (Å²) in [5.74, 6) is 1.37. The number of hydrogen-bond donors (Lipinski definition) is 1. The molecule has 0 spiro atoms. The number of halogens is 1. The SMILES string of the molecule is CC(C)c1nn(C2CCN(C3COC3)CC2)cc1Nc1ncc(-c2ccc(Cl)c(O[C@@H](C)Cn3cnnn3)c2)cn1. The Morgan fingerprint density at radius 2 is 1.85 bits per heavy atom. The molecule has 1 N–H and O–H groups in total. The van der Waals surface area contributed by atoms with Gasteiger partial charge in [0.05, 0.1) is 48.2 Å². The van der Waals surface area contributed by atoms with Gasteiger partial charge in [0.1, 0.15) is 18.2 Å². The minimum absolute atomic E-state index is 0.185. The molecule has 0 amide bonds. The van der Waals surface area contributed by atoms with Crippen LogP contribution in [-0.4, -0.2) is 83.3 Å². The average molecular weight is 579 g/mol. The molecular formula is C28H35ClN10O2. The number of aromatic nitrogens is 8. The molecule has 2 saturated heterocycles. The fourth-order valence-electron chi connectivity index (χ4n) is 5.28. The molecule has 4 aromatic rings. The fraction of sp³-hybridized carbons (Fsp3) is 0.500. The summed E-state index contributed by atoms with van der Waals surface area (Å²) in [5, 5.41) is 20.1. The Hall–Kier alpha value is -3.61. The van der Waals surface area contributed by atoms with Crippen molar-refractivity contribution in [3.8, 4) is 16.9 Å². The Bertz CT molecular complexity index is 1430. The molecule has 0 saturated carbocycles. The number of likely N-dealkylation sites (tertiary alicyclic amines) is 1. The molecule has 1 atom stereocenters. The molecule has 2 aliphatic rings. The predicted molar refractivity (Wildman–Crippen MR) is 154 cm³/mol. The third-order valence-electron chi connectivity index (χ3n) is 7.64. The van der Waals surface area contributed by atoms with Gasteiger partial charge in [-0.25, -0.2) is 14.6 Å². The Balaban J connectivity index is 1.12. The molecule has 1 aromatic carbocycles. The number of piperidine rings is 1. The van der Waals surface area contributed by atoms with Crippen LogP contribution in [-0.2, 0) is 11.3 Å². The summed E-state index contributed by atoms with van der Waals surface area (Å²) < 4.78 is 15.2. The van der Waals surface area contributed by atoms with Crippen LogP contribution < -0.4 is 10.1 Å². The lowest BCUT2D eigenvalue weighted by Crippen LogP contribution is -2.51. The average Bonchev–Trinajstić information content (AvgIpc) is 3.60. The first-order valence-corrected chi connectivity index (χ1v) is 14.5. The van der Waals surface area contributed by atoms with Crippen LogP contribution in [0.25, 0.3) is 11.1 Å². The Morgan fingerprint density at radius 1 is 1.07 bits per heavy atom. The molecule has 2 aliphatic heterocycles. The predicted octanol–water partition coefficient (Wildman–Crippen LogP) is 4.35. The van der Waals surface area contributed by atoms with Crippen molar-refractivity contribution in [1.29, 1.82) is 0 Å². The largest absolute Gasteiger partial charge is 0.487 e. The van der Waals surface area contributed by atoms with E-state index in [4.69, 9.17) is 26.2 Å². The van der Waals surface area contributed by atoms with Gasteiger partial charge in [-0.3, -0.25) is 9.58 Å². The summed E-state index contributed by atoms with van der Waals surface area (Å²) in [4.78, 5) is 11.8. The van der Waals surface area contributed by atoms with Crippen molar-refractivity contribution in [1.82, 2.24) is 44.9 Å². The highest BCUT2D eigenvalue weighted by atomic mass is 35.5. The van der Waals surface area contributed by atoms with E-state index in [9.17, 15) is 0 Å². The molecule has 2 fully saturated rings. The highest BCUT2D eigenvalue weighted by Gasteiger charge is 2.31. The van der Waals surface area contributed by atoms with Crippen molar-refractivity contribution >= 4 is 23.2 Å². The lowest BCUT2D eigenvalue weighted by molar-refractivity contribution is -0.0734. The number of hydrogen-bond acceptors (Lipinski definition) is 10. The maximum Gasteiger partial charge on any atom is 0.227 e. The van der Waals surface area contributed by atoms with Gasteiger partial charge in [-0.1, -0.05) is 31.5 Å². The topological polar surface area (TPSA) is 121 Å². The maximum atomic E-state index is 6.43. The van der Waals surface area contributed by atoms with Crippen molar-refractivity contribution < 1.29 is 9.47 Å². The van der Waals surface area contributed by atoms with Gasteiger partial charge in [0, 0.05) is 37.2 Å². The minimum atomic E-state index is -0.185. The van der Waals surface area contributed by atoms with E-state index in [1.807, 2.05) is 25.1 Å². The zero-order chi connectivity index (χ0) is 28.3. The van der Waals surface area contributed by atoms with E-state index in [0.29, 0.717) is 35.3 Å². The van der Waals surface area contributed by atoms with Crippen LogP contribution in [0, 0.1) is 0 Å². The molecular weight excluding hydrogens is 544 g/mol. The lowest BCUT2D eigenvalue weighted by Gasteiger charge is -2.41. The maximum absolute atomic E-state index is 6.43. The first kappa shape index (κ1) is 27.6. The van der Waals surface area contributed by atoms with Crippen molar-refractivity contribution in [3.05, 3.63) is 53.8 Å².